The lowest BCUT2D eigenvalue weighted by Gasteiger charge is -2.32. The van der Waals surface area contributed by atoms with Crippen LogP contribution in [0.4, 0.5) is 0 Å². The number of hydrogen-bond donors (Lipinski definition) is 1. The third-order valence-corrected chi connectivity index (χ3v) is 4.13. The van der Waals surface area contributed by atoms with Gasteiger partial charge in [-0.05, 0) is 37.1 Å². The second kappa shape index (κ2) is 5.99. The number of rotatable bonds is 4. The maximum absolute atomic E-state index is 12.2. The summed E-state index contributed by atoms with van der Waals surface area (Å²) in [6.07, 6.45) is 2.51. The number of hydrogen-bond acceptors (Lipinski definition) is 4. The van der Waals surface area contributed by atoms with Gasteiger partial charge in [-0.2, -0.15) is 0 Å². The summed E-state index contributed by atoms with van der Waals surface area (Å²) < 4.78 is 11.2. The van der Waals surface area contributed by atoms with E-state index in [1.807, 2.05) is 4.90 Å². The Kier molecular flexibility index (Phi) is 4.07. The number of nitrogens with zero attached hydrogens (tertiary/aromatic N) is 1. The highest BCUT2D eigenvalue weighted by molar-refractivity contribution is 7.80. The zero-order valence-corrected chi connectivity index (χ0v) is 12.5. The number of morpholine rings is 1. The average molecular weight is 306 g/mol. The van der Waals surface area contributed by atoms with E-state index >= 15 is 0 Å². The third-order valence-electron chi connectivity index (χ3n) is 3.90. The van der Waals surface area contributed by atoms with Crippen LogP contribution in [0, 0.1) is 0 Å². The third kappa shape index (κ3) is 3.33. The molecule has 1 amide bonds. The Labute approximate surface area is 129 Å². The SMILES string of the molecule is NC(=S)c1ccc(OCC(=O)N2CC3CCC(C2)O3)cc1. The van der Waals surface area contributed by atoms with E-state index in [2.05, 4.69) is 0 Å². The van der Waals surface area contributed by atoms with Gasteiger partial charge in [0, 0.05) is 18.7 Å². The Bertz CT molecular complexity index is 534. The van der Waals surface area contributed by atoms with Crippen molar-refractivity contribution in [1.29, 1.82) is 0 Å². The van der Waals surface area contributed by atoms with Gasteiger partial charge in [0.05, 0.1) is 12.2 Å². The molecular weight excluding hydrogens is 288 g/mol. The minimum absolute atomic E-state index is 0.00798. The van der Waals surface area contributed by atoms with Gasteiger partial charge in [-0.1, -0.05) is 12.2 Å². The van der Waals surface area contributed by atoms with E-state index in [1.165, 1.54) is 0 Å². The van der Waals surface area contributed by atoms with E-state index in [1.54, 1.807) is 24.3 Å². The minimum Gasteiger partial charge on any atom is -0.484 e. The first-order valence-electron chi connectivity index (χ1n) is 7.08. The number of ether oxygens (including phenoxy) is 2. The quantitative estimate of drug-likeness (QED) is 0.844. The van der Waals surface area contributed by atoms with Gasteiger partial charge in [0.2, 0.25) is 0 Å². The number of thiocarbonyl (C=S) groups is 1. The molecule has 1 aromatic rings. The number of fused-ring (bicyclic) bond motifs is 2. The van der Waals surface area contributed by atoms with Crippen LogP contribution in [0.2, 0.25) is 0 Å². The van der Waals surface area contributed by atoms with Crippen LogP contribution in [0.3, 0.4) is 0 Å². The average Bonchev–Trinajstić information content (AvgIpc) is 2.83. The van der Waals surface area contributed by atoms with Gasteiger partial charge in [0.1, 0.15) is 10.7 Å². The molecule has 2 bridgehead atoms. The van der Waals surface area contributed by atoms with Gasteiger partial charge in [-0.3, -0.25) is 4.79 Å². The van der Waals surface area contributed by atoms with Crippen LogP contribution in [-0.4, -0.2) is 47.7 Å². The number of nitrogens with two attached hydrogens (primary N) is 1. The molecule has 3 rings (SSSR count). The Hall–Kier alpha value is -1.66. The van der Waals surface area contributed by atoms with E-state index in [0.717, 1.165) is 18.4 Å². The second-order valence-corrected chi connectivity index (χ2v) is 5.87. The van der Waals surface area contributed by atoms with Crippen LogP contribution in [0.5, 0.6) is 5.75 Å². The van der Waals surface area contributed by atoms with Gasteiger partial charge in [0.25, 0.3) is 5.91 Å². The molecule has 2 aliphatic rings. The van der Waals surface area contributed by atoms with E-state index < -0.39 is 0 Å². The largest absolute Gasteiger partial charge is 0.484 e. The van der Waals surface area contributed by atoms with Gasteiger partial charge < -0.3 is 20.1 Å². The van der Waals surface area contributed by atoms with Gasteiger partial charge in [0.15, 0.2) is 6.61 Å². The molecule has 2 atom stereocenters. The van der Waals surface area contributed by atoms with Crippen LogP contribution < -0.4 is 10.5 Å². The van der Waals surface area contributed by atoms with E-state index in [0.29, 0.717) is 23.8 Å². The zero-order valence-electron chi connectivity index (χ0n) is 11.7. The first kappa shape index (κ1) is 14.3. The Balaban J connectivity index is 1.52. The molecular formula is C15H18N2O3S. The molecule has 1 aromatic carbocycles. The molecule has 0 spiro atoms. The van der Waals surface area contributed by atoms with Crippen LogP contribution in [0.15, 0.2) is 24.3 Å². The summed E-state index contributed by atoms with van der Waals surface area (Å²) in [6, 6.07) is 7.11. The van der Waals surface area contributed by atoms with Crippen LogP contribution in [0.25, 0.3) is 0 Å². The molecule has 2 aliphatic heterocycles. The van der Waals surface area contributed by atoms with Gasteiger partial charge in [-0.25, -0.2) is 0 Å². The molecule has 0 aliphatic carbocycles. The fraction of sp³-hybridized carbons (Fsp3) is 0.467. The van der Waals surface area contributed by atoms with Crippen LogP contribution >= 0.6 is 12.2 Å². The summed E-state index contributed by atoms with van der Waals surface area (Å²) in [5.74, 6) is 0.646. The molecule has 2 unspecified atom stereocenters. The van der Waals surface area contributed by atoms with E-state index in [-0.39, 0.29) is 24.7 Å². The van der Waals surface area contributed by atoms with Crippen LogP contribution in [0.1, 0.15) is 18.4 Å². The molecule has 2 fully saturated rings. The lowest BCUT2D eigenvalue weighted by molar-refractivity contribution is -0.141. The zero-order chi connectivity index (χ0) is 14.8. The first-order chi connectivity index (χ1) is 10.1. The van der Waals surface area contributed by atoms with Crippen molar-refractivity contribution >= 4 is 23.1 Å². The van der Waals surface area contributed by atoms with Crippen molar-refractivity contribution in [3.63, 3.8) is 0 Å². The molecule has 112 valence electrons. The summed E-state index contributed by atoms with van der Waals surface area (Å²) in [4.78, 5) is 14.4. The number of carbonyl (C=O) groups excluding carboxylic acids is 1. The maximum Gasteiger partial charge on any atom is 0.260 e. The smallest absolute Gasteiger partial charge is 0.260 e. The molecule has 5 nitrogen and oxygen atoms in total. The molecule has 2 heterocycles. The molecule has 2 N–H and O–H groups in total. The lowest BCUT2D eigenvalue weighted by Crippen LogP contribution is -2.47. The van der Waals surface area contributed by atoms with Crippen molar-refractivity contribution in [3.05, 3.63) is 29.8 Å². The normalized spacial score (nSPS) is 23.9. The molecule has 6 heteroatoms. The summed E-state index contributed by atoms with van der Waals surface area (Å²) in [5.41, 5.74) is 6.32. The number of amides is 1. The molecule has 0 radical (unpaired) electrons. The van der Waals surface area contributed by atoms with E-state index in [4.69, 9.17) is 27.4 Å². The molecule has 21 heavy (non-hydrogen) atoms. The summed E-state index contributed by atoms with van der Waals surface area (Å²) >= 11 is 4.89. The summed E-state index contributed by atoms with van der Waals surface area (Å²) in [5, 5.41) is 0. The fourth-order valence-electron chi connectivity index (χ4n) is 2.77. The molecule has 0 aromatic heterocycles. The van der Waals surface area contributed by atoms with Crippen molar-refractivity contribution in [2.75, 3.05) is 19.7 Å². The van der Waals surface area contributed by atoms with Gasteiger partial charge >= 0.3 is 0 Å². The van der Waals surface area contributed by atoms with Crippen molar-refractivity contribution in [3.8, 4) is 5.75 Å². The Morgan fingerprint density at radius 3 is 2.48 bits per heavy atom. The highest BCUT2D eigenvalue weighted by atomic mass is 32.1. The van der Waals surface area contributed by atoms with Crippen LogP contribution in [-0.2, 0) is 9.53 Å². The highest BCUT2D eigenvalue weighted by Crippen LogP contribution is 2.26. The predicted molar refractivity (Wildman–Crippen MR) is 82.3 cm³/mol. The minimum atomic E-state index is 0.00798. The fourth-order valence-corrected chi connectivity index (χ4v) is 2.91. The van der Waals surface area contributed by atoms with E-state index in [9.17, 15) is 4.79 Å². The standard InChI is InChI=1S/C15H18N2O3S/c16-15(21)10-1-3-11(4-2-10)19-9-14(18)17-7-12-5-6-13(8-17)20-12/h1-4,12-13H,5-9H2,(H2,16,21). The molecule has 2 saturated heterocycles. The topological polar surface area (TPSA) is 64.8 Å². The number of likely N-dealkylation sites (tertiary alicyclic amines) is 1. The molecule has 0 saturated carbocycles. The van der Waals surface area contributed by atoms with Crippen molar-refractivity contribution in [1.82, 2.24) is 4.90 Å². The van der Waals surface area contributed by atoms with Crippen molar-refractivity contribution in [2.24, 2.45) is 5.73 Å². The number of carbonyl (C=O) groups is 1. The lowest BCUT2D eigenvalue weighted by atomic mass is 10.2. The Morgan fingerprint density at radius 2 is 1.90 bits per heavy atom. The van der Waals surface area contributed by atoms with Crippen molar-refractivity contribution < 1.29 is 14.3 Å². The Morgan fingerprint density at radius 1 is 1.29 bits per heavy atom. The predicted octanol–water partition coefficient (Wildman–Crippen LogP) is 1.09. The van der Waals surface area contributed by atoms with Crippen molar-refractivity contribution in [2.45, 2.75) is 25.0 Å². The summed E-state index contributed by atoms with van der Waals surface area (Å²) in [7, 11) is 0. The summed E-state index contributed by atoms with van der Waals surface area (Å²) in [6.45, 7) is 1.41. The second-order valence-electron chi connectivity index (χ2n) is 5.43. The number of benzene rings is 1. The van der Waals surface area contributed by atoms with Gasteiger partial charge in [-0.15, -0.1) is 0 Å². The maximum atomic E-state index is 12.2. The highest BCUT2D eigenvalue weighted by Gasteiger charge is 2.35. The monoisotopic (exact) mass is 306 g/mol. The first-order valence-corrected chi connectivity index (χ1v) is 7.48.